The highest BCUT2D eigenvalue weighted by atomic mass is 32.1. The normalized spacial score (nSPS) is 19.6. The number of hydrogen-bond donors (Lipinski definition) is 1. The third-order valence-electron chi connectivity index (χ3n) is 3.13. The fraction of sp³-hybridized carbons (Fsp3) is 0.923. The molecule has 0 unspecified atom stereocenters. The highest BCUT2D eigenvalue weighted by Gasteiger charge is 2.18. The molecule has 0 amide bonds. The fourth-order valence-corrected chi connectivity index (χ4v) is 2.32. The maximum absolute atomic E-state index is 5.44. The highest BCUT2D eigenvalue weighted by Crippen LogP contribution is 2.13. The van der Waals surface area contributed by atoms with E-state index in [1.165, 1.54) is 51.4 Å². The van der Waals surface area contributed by atoms with E-state index in [-0.39, 0.29) is 0 Å². The van der Waals surface area contributed by atoms with Crippen molar-refractivity contribution in [1.29, 1.82) is 0 Å². The smallest absolute Gasteiger partial charge is 0.257 e. The van der Waals surface area contributed by atoms with Crippen molar-refractivity contribution >= 4 is 17.4 Å². The Morgan fingerprint density at radius 1 is 1.12 bits per heavy atom. The van der Waals surface area contributed by atoms with Crippen molar-refractivity contribution in [3.8, 4) is 0 Å². The molecule has 0 aromatic carbocycles. The molecule has 0 aromatic heterocycles. The molecule has 0 bridgehead atoms. The van der Waals surface area contributed by atoms with E-state index in [0.29, 0.717) is 11.3 Å². The molecule has 1 atom stereocenters. The van der Waals surface area contributed by atoms with Gasteiger partial charge in [-0.1, -0.05) is 51.9 Å². The van der Waals surface area contributed by atoms with Crippen molar-refractivity contribution in [2.75, 3.05) is 6.54 Å². The second kappa shape index (κ2) is 8.80. The van der Waals surface area contributed by atoms with Crippen molar-refractivity contribution in [2.45, 2.75) is 70.8 Å². The van der Waals surface area contributed by atoms with Crippen LogP contribution in [0.15, 0.2) is 0 Å². The molecule has 16 heavy (non-hydrogen) atoms. The second-order valence-corrected chi connectivity index (χ2v) is 5.04. The summed E-state index contributed by atoms with van der Waals surface area (Å²) in [6.07, 6.45) is 12.5. The largest absolute Gasteiger partial charge is 0.466 e. The molecule has 1 aliphatic rings. The predicted octanol–water partition coefficient (Wildman–Crippen LogP) is 3.79. The minimum Gasteiger partial charge on any atom is -0.466 e. The maximum atomic E-state index is 5.44. The van der Waals surface area contributed by atoms with E-state index in [0.717, 1.165) is 13.0 Å². The zero-order valence-corrected chi connectivity index (χ0v) is 11.3. The summed E-state index contributed by atoms with van der Waals surface area (Å²) in [7, 11) is 0. The van der Waals surface area contributed by atoms with E-state index in [1.807, 2.05) is 0 Å². The van der Waals surface area contributed by atoms with Crippen LogP contribution >= 0.6 is 12.2 Å². The first kappa shape index (κ1) is 13.8. The summed E-state index contributed by atoms with van der Waals surface area (Å²) in [5, 5.41) is 3.64. The molecule has 0 spiro atoms. The number of unbranched alkanes of at least 4 members (excludes halogenated alkanes) is 7. The molecule has 0 aliphatic carbocycles. The quantitative estimate of drug-likeness (QED) is 0.492. The van der Waals surface area contributed by atoms with E-state index in [2.05, 4.69) is 12.2 Å². The Morgan fingerprint density at radius 3 is 2.31 bits per heavy atom. The van der Waals surface area contributed by atoms with Gasteiger partial charge in [-0.2, -0.15) is 0 Å². The van der Waals surface area contributed by atoms with Gasteiger partial charge in [0.15, 0.2) is 0 Å². The van der Waals surface area contributed by atoms with Crippen molar-refractivity contribution in [3.05, 3.63) is 0 Å². The Kier molecular flexibility index (Phi) is 7.56. The van der Waals surface area contributed by atoms with Crippen molar-refractivity contribution < 1.29 is 4.74 Å². The number of hydrogen-bond acceptors (Lipinski definition) is 2. The lowest BCUT2D eigenvalue weighted by atomic mass is 10.1. The van der Waals surface area contributed by atoms with E-state index in [1.54, 1.807) is 0 Å². The highest BCUT2D eigenvalue weighted by molar-refractivity contribution is 7.80. The van der Waals surface area contributed by atoms with E-state index in [9.17, 15) is 0 Å². The van der Waals surface area contributed by atoms with E-state index in [4.69, 9.17) is 17.0 Å². The molecule has 1 heterocycles. The van der Waals surface area contributed by atoms with Crippen LogP contribution in [0.5, 0.6) is 0 Å². The lowest BCUT2D eigenvalue weighted by Gasteiger charge is -2.07. The number of rotatable bonds is 9. The summed E-state index contributed by atoms with van der Waals surface area (Å²) in [5.41, 5.74) is 0. The molecule has 1 aliphatic heterocycles. The zero-order valence-electron chi connectivity index (χ0n) is 10.5. The van der Waals surface area contributed by atoms with Gasteiger partial charge in [0.2, 0.25) is 0 Å². The van der Waals surface area contributed by atoms with Gasteiger partial charge < -0.3 is 10.1 Å². The van der Waals surface area contributed by atoms with Gasteiger partial charge in [0.25, 0.3) is 5.17 Å². The van der Waals surface area contributed by atoms with E-state index < -0.39 is 0 Å². The second-order valence-electron chi connectivity index (χ2n) is 4.67. The monoisotopic (exact) mass is 243 g/mol. The SMILES string of the molecule is CCCCCCCCCC[C@@H]1CNC(=S)O1. The summed E-state index contributed by atoms with van der Waals surface area (Å²) in [4.78, 5) is 0. The minimum absolute atomic E-state index is 0.340. The van der Waals surface area contributed by atoms with Crippen molar-refractivity contribution in [1.82, 2.24) is 5.32 Å². The first-order chi connectivity index (χ1) is 7.83. The van der Waals surface area contributed by atoms with Crippen LogP contribution in [0.1, 0.15) is 64.7 Å². The van der Waals surface area contributed by atoms with Gasteiger partial charge in [-0.25, -0.2) is 0 Å². The number of thiocarbonyl (C=S) groups is 1. The van der Waals surface area contributed by atoms with E-state index >= 15 is 0 Å². The summed E-state index contributed by atoms with van der Waals surface area (Å²) in [6.45, 7) is 3.18. The molecule has 0 saturated carbocycles. The van der Waals surface area contributed by atoms with Gasteiger partial charge in [-0.05, 0) is 25.1 Å². The molecule has 1 fully saturated rings. The first-order valence-corrected chi connectivity index (χ1v) is 7.18. The molecule has 0 aromatic rings. The first-order valence-electron chi connectivity index (χ1n) is 6.77. The van der Waals surface area contributed by atoms with Crippen LogP contribution in [-0.2, 0) is 4.74 Å². The molecular weight excluding hydrogens is 218 g/mol. The van der Waals surface area contributed by atoms with Crippen LogP contribution < -0.4 is 5.32 Å². The van der Waals surface area contributed by atoms with Crippen LogP contribution in [0.2, 0.25) is 0 Å². The molecular formula is C13H25NOS. The van der Waals surface area contributed by atoms with Gasteiger partial charge in [0.1, 0.15) is 6.10 Å². The van der Waals surface area contributed by atoms with Crippen LogP contribution in [0.25, 0.3) is 0 Å². The van der Waals surface area contributed by atoms with Crippen LogP contribution in [0.3, 0.4) is 0 Å². The van der Waals surface area contributed by atoms with Crippen molar-refractivity contribution in [3.63, 3.8) is 0 Å². The van der Waals surface area contributed by atoms with Crippen LogP contribution in [0.4, 0.5) is 0 Å². The lowest BCUT2D eigenvalue weighted by Crippen LogP contribution is -2.14. The third-order valence-corrected chi connectivity index (χ3v) is 3.37. The summed E-state index contributed by atoms with van der Waals surface area (Å²) < 4.78 is 5.44. The van der Waals surface area contributed by atoms with Gasteiger partial charge in [0.05, 0.1) is 6.54 Å². The summed E-state index contributed by atoms with van der Waals surface area (Å²) >= 11 is 4.92. The molecule has 1 N–H and O–H groups in total. The summed E-state index contributed by atoms with van der Waals surface area (Å²) in [6, 6.07) is 0. The topological polar surface area (TPSA) is 21.3 Å². The van der Waals surface area contributed by atoms with Gasteiger partial charge in [-0.15, -0.1) is 0 Å². The summed E-state index contributed by atoms with van der Waals surface area (Å²) in [5.74, 6) is 0. The minimum atomic E-state index is 0.340. The fourth-order valence-electron chi connectivity index (χ4n) is 2.10. The predicted molar refractivity (Wildman–Crippen MR) is 72.7 cm³/mol. The standard InChI is InChI=1S/C13H25NOS/c1-2-3-4-5-6-7-8-9-10-12-11-14-13(16)15-12/h12H,2-11H2,1H3,(H,14,16)/t12-/m1/s1. The average molecular weight is 243 g/mol. The van der Waals surface area contributed by atoms with Gasteiger partial charge >= 0.3 is 0 Å². The number of nitrogens with one attached hydrogen (secondary N) is 1. The van der Waals surface area contributed by atoms with Crippen LogP contribution in [-0.4, -0.2) is 17.8 Å². The van der Waals surface area contributed by atoms with Crippen molar-refractivity contribution in [2.24, 2.45) is 0 Å². The molecule has 3 heteroatoms. The lowest BCUT2D eigenvalue weighted by molar-refractivity contribution is 0.218. The Balaban J connectivity index is 1.79. The Labute approximate surface area is 105 Å². The Morgan fingerprint density at radius 2 is 1.75 bits per heavy atom. The third kappa shape index (κ3) is 6.31. The molecule has 1 saturated heterocycles. The molecule has 2 nitrogen and oxygen atoms in total. The number of ether oxygens (including phenoxy) is 1. The Hall–Kier alpha value is -0.310. The molecule has 1 rings (SSSR count). The van der Waals surface area contributed by atoms with Gasteiger partial charge in [0, 0.05) is 0 Å². The molecule has 94 valence electrons. The van der Waals surface area contributed by atoms with Gasteiger partial charge in [-0.3, -0.25) is 0 Å². The maximum Gasteiger partial charge on any atom is 0.257 e. The van der Waals surface area contributed by atoms with Crippen LogP contribution in [0, 0.1) is 0 Å². The zero-order chi connectivity index (χ0) is 11.6. The Bertz CT molecular complexity index is 196. The molecule has 0 radical (unpaired) electrons. The average Bonchev–Trinajstić information content (AvgIpc) is 2.68.